The van der Waals surface area contributed by atoms with Gasteiger partial charge >= 0.3 is 0 Å². The van der Waals surface area contributed by atoms with Gasteiger partial charge in [0.05, 0.1) is 5.69 Å². The molecular formula is C22H23N3O2. The number of aryl methyl sites for hydroxylation is 1. The third kappa shape index (κ3) is 4.70. The van der Waals surface area contributed by atoms with E-state index in [1.807, 2.05) is 42.5 Å². The van der Waals surface area contributed by atoms with Crippen molar-refractivity contribution in [3.8, 4) is 11.3 Å². The van der Waals surface area contributed by atoms with Gasteiger partial charge in [0.15, 0.2) is 0 Å². The first-order valence-corrected chi connectivity index (χ1v) is 8.96. The molecule has 0 saturated heterocycles. The van der Waals surface area contributed by atoms with E-state index in [2.05, 4.69) is 24.2 Å². The summed E-state index contributed by atoms with van der Waals surface area (Å²) in [5.41, 5.74) is 3.73. The van der Waals surface area contributed by atoms with Gasteiger partial charge in [0.25, 0.3) is 5.56 Å². The minimum atomic E-state index is -0.282. The minimum Gasteiger partial charge on any atom is -0.344 e. The molecule has 0 atom stereocenters. The zero-order chi connectivity index (χ0) is 19.2. The summed E-state index contributed by atoms with van der Waals surface area (Å²) in [6.45, 7) is 2.59. The number of hydrogen-bond donors (Lipinski definition) is 0. The van der Waals surface area contributed by atoms with Gasteiger partial charge < -0.3 is 4.90 Å². The van der Waals surface area contributed by atoms with Gasteiger partial charge in [0, 0.05) is 25.2 Å². The highest BCUT2D eigenvalue weighted by molar-refractivity contribution is 5.75. The molecule has 0 aliphatic carbocycles. The van der Waals surface area contributed by atoms with Gasteiger partial charge in [-0.2, -0.15) is 5.10 Å². The number of hydrogen-bond acceptors (Lipinski definition) is 3. The number of aromatic nitrogens is 2. The van der Waals surface area contributed by atoms with E-state index >= 15 is 0 Å². The van der Waals surface area contributed by atoms with Crippen molar-refractivity contribution in [2.45, 2.75) is 19.9 Å². The van der Waals surface area contributed by atoms with Crippen molar-refractivity contribution in [3.63, 3.8) is 0 Å². The molecule has 0 aliphatic rings. The lowest BCUT2D eigenvalue weighted by Gasteiger charge is -2.18. The zero-order valence-corrected chi connectivity index (χ0v) is 15.6. The molecule has 1 aromatic heterocycles. The predicted octanol–water partition coefficient (Wildman–Crippen LogP) is 2.92. The topological polar surface area (TPSA) is 55.2 Å². The van der Waals surface area contributed by atoms with E-state index in [-0.39, 0.29) is 18.0 Å². The first kappa shape index (κ1) is 18.6. The molecule has 1 heterocycles. The second-order valence-electron chi connectivity index (χ2n) is 6.57. The van der Waals surface area contributed by atoms with Crippen LogP contribution in [-0.2, 0) is 17.8 Å². The van der Waals surface area contributed by atoms with Crippen LogP contribution in [0, 0.1) is 6.92 Å². The van der Waals surface area contributed by atoms with Crippen molar-refractivity contribution in [2.24, 2.45) is 0 Å². The Morgan fingerprint density at radius 2 is 1.70 bits per heavy atom. The highest BCUT2D eigenvalue weighted by Crippen LogP contribution is 2.14. The van der Waals surface area contributed by atoms with Crippen molar-refractivity contribution in [2.75, 3.05) is 13.6 Å². The molecule has 5 heteroatoms. The average Bonchev–Trinajstić information content (AvgIpc) is 2.69. The van der Waals surface area contributed by atoms with Gasteiger partial charge in [-0.05, 0) is 30.5 Å². The lowest BCUT2D eigenvalue weighted by atomic mass is 10.1. The number of carbonyl (C=O) groups is 1. The molecule has 0 spiro atoms. The van der Waals surface area contributed by atoms with E-state index < -0.39 is 0 Å². The monoisotopic (exact) mass is 361 g/mol. The minimum absolute atomic E-state index is 0.0657. The fraction of sp³-hybridized carbons (Fsp3) is 0.227. The third-order valence-corrected chi connectivity index (χ3v) is 4.62. The summed E-state index contributed by atoms with van der Waals surface area (Å²) in [5.74, 6) is -0.136. The van der Waals surface area contributed by atoms with Crippen molar-refractivity contribution >= 4 is 5.91 Å². The first-order valence-electron chi connectivity index (χ1n) is 8.96. The highest BCUT2D eigenvalue weighted by atomic mass is 16.2. The smallest absolute Gasteiger partial charge is 0.267 e. The molecule has 3 rings (SSSR count). The summed E-state index contributed by atoms with van der Waals surface area (Å²) in [7, 11) is 1.76. The Bertz CT molecular complexity index is 980. The van der Waals surface area contributed by atoms with Crippen molar-refractivity contribution in [3.05, 3.63) is 88.2 Å². The fourth-order valence-corrected chi connectivity index (χ4v) is 2.88. The first-order chi connectivity index (χ1) is 13.0. The molecule has 0 bridgehead atoms. The summed E-state index contributed by atoms with van der Waals surface area (Å²) in [5, 5.41) is 4.35. The molecule has 0 aliphatic heterocycles. The van der Waals surface area contributed by atoms with Crippen LogP contribution in [0.2, 0.25) is 0 Å². The van der Waals surface area contributed by atoms with E-state index in [1.165, 1.54) is 21.9 Å². The van der Waals surface area contributed by atoms with E-state index in [1.54, 1.807) is 18.0 Å². The van der Waals surface area contributed by atoms with Crippen LogP contribution in [0.3, 0.4) is 0 Å². The van der Waals surface area contributed by atoms with E-state index in [0.717, 1.165) is 12.0 Å². The average molecular weight is 361 g/mol. The Labute approximate surface area is 158 Å². The Kier molecular flexibility index (Phi) is 5.81. The SMILES string of the molecule is Cc1ccccc1CCN(C)C(=O)Cn1nc(-c2ccccc2)ccc1=O. The van der Waals surface area contributed by atoms with Gasteiger partial charge in [-0.1, -0.05) is 54.6 Å². The third-order valence-electron chi connectivity index (χ3n) is 4.62. The summed E-state index contributed by atoms with van der Waals surface area (Å²) in [4.78, 5) is 26.3. The molecule has 2 aromatic carbocycles. The van der Waals surface area contributed by atoms with Crippen molar-refractivity contribution < 1.29 is 4.79 Å². The maximum atomic E-state index is 12.5. The van der Waals surface area contributed by atoms with E-state index in [0.29, 0.717) is 12.2 Å². The number of benzene rings is 2. The molecular weight excluding hydrogens is 338 g/mol. The van der Waals surface area contributed by atoms with Crippen molar-refractivity contribution in [1.82, 2.24) is 14.7 Å². The normalized spacial score (nSPS) is 10.6. The molecule has 3 aromatic rings. The van der Waals surface area contributed by atoms with Gasteiger partial charge in [-0.25, -0.2) is 4.68 Å². The van der Waals surface area contributed by atoms with Gasteiger partial charge in [0.1, 0.15) is 6.54 Å². The summed E-state index contributed by atoms with van der Waals surface area (Å²) >= 11 is 0. The maximum Gasteiger partial charge on any atom is 0.267 e. The predicted molar refractivity (Wildman–Crippen MR) is 106 cm³/mol. The second kappa shape index (κ2) is 8.45. The quantitative estimate of drug-likeness (QED) is 0.678. The van der Waals surface area contributed by atoms with Crippen LogP contribution in [0.5, 0.6) is 0 Å². The van der Waals surface area contributed by atoms with E-state index in [4.69, 9.17) is 0 Å². The van der Waals surface area contributed by atoms with Gasteiger partial charge in [-0.15, -0.1) is 0 Å². The highest BCUT2D eigenvalue weighted by Gasteiger charge is 2.12. The largest absolute Gasteiger partial charge is 0.344 e. The second-order valence-corrected chi connectivity index (χ2v) is 6.57. The number of nitrogens with zero attached hydrogens (tertiary/aromatic N) is 3. The fourth-order valence-electron chi connectivity index (χ4n) is 2.88. The van der Waals surface area contributed by atoms with Crippen LogP contribution in [0.25, 0.3) is 11.3 Å². The number of likely N-dealkylation sites (N-methyl/N-ethyl adjacent to an activating group) is 1. The van der Waals surface area contributed by atoms with E-state index in [9.17, 15) is 9.59 Å². The Morgan fingerprint density at radius 1 is 1.00 bits per heavy atom. The van der Waals surface area contributed by atoms with Crippen LogP contribution in [0.15, 0.2) is 71.5 Å². The summed E-state index contributed by atoms with van der Waals surface area (Å²) < 4.78 is 1.23. The van der Waals surface area contributed by atoms with Gasteiger partial charge in [-0.3, -0.25) is 9.59 Å². The Morgan fingerprint density at radius 3 is 2.44 bits per heavy atom. The van der Waals surface area contributed by atoms with Gasteiger partial charge in [0.2, 0.25) is 5.91 Å². The Hall–Kier alpha value is -3.21. The molecule has 138 valence electrons. The molecule has 0 unspecified atom stereocenters. The molecule has 0 radical (unpaired) electrons. The van der Waals surface area contributed by atoms with Crippen LogP contribution < -0.4 is 5.56 Å². The lowest BCUT2D eigenvalue weighted by Crippen LogP contribution is -2.36. The lowest BCUT2D eigenvalue weighted by molar-refractivity contribution is -0.130. The maximum absolute atomic E-state index is 12.5. The van der Waals surface area contributed by atoms with Crippen LogP contribution >= 0.6 is 0 Å². The molecule has 0 N–H and O–H groups in total. The number of carbonyl (C=O) groups excluding carboxylic acids is 1. The molecule has 1 amide bonds. The molecule has 5 nitrogen and oxygen atoms in total. The standard InChI is InChI=1S/C22H23N3O2/c1-17-8-6-7-9-18(17)14-15-24(2)22(27)16-25-21(26)13-12-20(23-25)19-10-4-3-5-11-19/h3-13H,14-16H2,1-2H3. The summed E-state index contributed by atoms with van der Waals surface area (Å²) in [6.07, 6.45) is 0.779. The molecule has 0 fully saturated rings. The summed E-state index contributed by atoms with van der Waals surface area (Å²) in [6, 6.07) is 20.9. The van der Waals surface area contributed by atoms with Crippen LogP contribution in [0.1, 0.15) is 11.1 Å². The number of rotatable bonds is 6. The molecule has 0 saturated carbocycles. The number of amides is 1. The van der Waals surface area contributed by atoms with Crippen LogP contribution in [0.4, 0.5) is 0 Å². The Balaban J connectivity index is 1.68. The van der Waals surface area contributed by atoms with Crippen LogP contribution in [-0.4, -0.2) is 34.2 Å². The van der Waals surface area contributed by atoms with Crippen molar-refractivity contribution in [1.29, 1.82) is 0 Å². The molecule has 27 heavy (non-hydrogen) atoms. The zero-order valence-electron chi connectivity index (χ0n) is 15.6.